The van der Waals surface area contributed by atoms with Crippen LogP contribution in [0.15, 0.2) is 30.6 Å². The number of amides is 1. The lowest BCUT2D eigenvalue weighted by atomic mass is 10.1. The van der Waals surface area contributed by atoms with Crippen LogP contribution in [-0.4, -0.2) is 63.8 Å². The molecule has 1 amide bonds. The number of aryl methyl sites for hydroxylation is 2. The summed E-state index contributed by atoms with van der Waals surface area (Å²) in [6.45, 7) is 4.68. The van der Waals surface area contributed by atoms with E-state index in [0.29, 0.717) is 18.7 Å². The molecule has 4 rings (SSSR count). The van der Waals surface area contributed by atoms with Gasteiger partial charge in [0.05, 0.1) is 12.8 Å². The number of aromatic nitrogens is 4. The Hall–Kier alpha value is -3.16. The molecular formula is C19H22N6O2. The van der Waals surface area contributed by atoms with E-state index < -0.39 is 0 Å². The third-order valence-electron chi connectivity index (χ3n) is 4.97. The van der Waals surface area contributed by atoms with Gasteiger partial charge in [-0.25, -0.2) is 9.97 Å². The molecule has 1 saturated heterocycles. The van der Waals surface area contributed by atoms with Gasteiger partial charge in [0.15, 0.2) is 5.82 Å². The van der Waals surface area contributed by atoms with Crippen LogP contribution in [0.4, 0.5) is 5.82 Å². The van der Waals surface area contributed by atoms with E-state index in [1.807, 2.05) is 35.7 Å². The first-order chi connectivity index (χ1) is 13.1. The predicted octanol–water partition coefficient (Wildman–Crippen LogP) is 1.64. The van der Waals surface area contributed by atoms with Crippen LogP contribution in [-0.2, 0) is 7.05 Å². The number of anilines is 1. The molecule has 3 aromatic rings. The van der Waals surface area contributed by atoms with Crippen molar-refractivity contribution in [3.05, 3.63) is 41.9 Å². The van der Waals surface area contributed by atoms with E-state index in [0.717, 1.165) is 41.4 Å². The number of methoxy groups -OCH3 is 1. The molecule has 1 aliphatic rings. The summed E-state index contributed by atoms with van der Waals surface area (Å²) in [7, 11) is 3.52. The Morgan fingerprint density at radius 3 is 2.44 bits per heavy atom. The zero-order chi connectivity index (χ0) is 19.0. The summed E-state index contributed by atoms with van der Waals surface area (Å²) in [5, 5.41) is 4.46. The fraction of sp³-hybridized carbons (Fsp3) is 0.368. The molecule has 8 nitrogen and oxygen atoms in total. The molecular weight excluding hydrogens is 344 g/mol. The zero-order valence-electron chi connectivity index (χ0n) is 15.7. The van der Waals surface area contributed by atoms with Crippen LogP contribution in [0.2, 0.25) is 0 Å². The minimum absolute atomic E-state index is 0.0431. The Bertz CT molecular complexity index is 974. The van der Waals surface area contributed by atoms with Gasteiger partial charge < -0.3 is 14.5 Å². The smallest absolute Gasteiger partial charge is 0.253 e. The number of ether oxygens (including phenoxy) is 1. The van der Waals surface area contributed by atoms with Crippen molar-refractivity contribution in [1.29, 1.82) is 0 Å². The van der Waals surface area contributed by atoms with Crippen molar-refractivity contribution in [2.45, 2.75) is 6.92 Å². The van der Waals surface area contributed by atoms with Gasteiger partial charge in [-0.15, -0.1) is 0 Å². The van der Waals surface area contributed by atoms with E-state index >= 15 is 0 Å². The second-order valence-electron chi connectivity index (χ2n) is 6.61. The van der Waals surface area contributed by atoms with Crippen molar-refractivity contribution in [3.8, 4) is 5.75 Å². The third-order valence-corrected chi connectivity index (χ3v) is 4.97. The fourth-order valence-corrected chi connectivity index (χ4v) is 3.52. The predicted molar refractivity (Wildman–Crippen MR) is 102 cm³/mol. The second-order valence-corrected chi connectivity index (χ2v) is 6.61. The quantitative estimate of drug-likeness (QED) is 0.701. The molecule has 2 aromatic heterocycles. The first kappa shape index (κ1) is 17.3. The summed E-state index contributed by atoms with van der Waals surface area (Å²) >= 11 is 0. The van der Waals surface area contributed by atoms with Crippen molar-refractivity contribution >= 4 is 22.8 Å². The molecule has 0 spiro atoms. The Morgan fingerprint density at radius 1 is 1.07 bits per heavy atom. The molecule has 8 heteroatoms. The lowest BCUT2D eigenvalue weighted by Crippen LogP contribution is -2.49. The third kappa shape index (κ3) is 3.07. The van der Waals surface area contributed by atoms with Crippen LogP contribution < -0.4 is 9.64 Å². The normalized spacial score (nSPS) is 14.6. The molecule has 27 heavy (non-hydrogen) atoms. The largest absolute Gasteiger partial charge is 0.497 e. The number of carbonyl (C=O) groups excluding carboxylic acids is 1. The molecule has 0 atom stereocenters. The molecule has 0 aliphatic carbocycles. The van der Waals surface area contributed by atoms with Gasteiger partial charge in [-0.05, 0) is 31.2 Å². The molecule has 1 aromatic carbocycles. The maximum atomic E-state index is 12.7. The molecule has 0 bridgehead atoms. The van der Waals surface area contributed by atoms with E-state index in [-0.39, 0.29) is 5.91 Å². The summed E-state index contributed by atoms with van der Waals surface area (Å²) < 4.78 is 6.98. The van der Waals surface area contributed by atoms with Crippen LogP contribution in [0, 0.1) is 6.92 Å². The van der Waals surface area contributed by atoms with Crippen LogP contribution in [0.5, 0.6) is 5.75 Å². The number of rotatable bonds is 3. The average molecular weight is 366 g/mol. The standard InChI is InChI=1S/C19H22N6O2/c1-13-16-17(23(2)22-13)18(21-12-20-16)24-8-10-25(11-9-24)19(26)14-4-6-15(27-3)7-5-14/h4-7,12H,8-11H2,1-3H3. The first-order valence-corrected chi connectivity index (χ1v) is 8.91. The Balaban J connectivity index is 1.50. The number of hydrogen-bond acceptors (Lipinski definition) is 6. The minimum atomic E-state index is 0.0431. The minimum Gasteiger partial charge on any atom is -0.497 e. The molecule has 3 heterocycles. The molecule has 0 unspecified atom stereocenters. The fourth-order valence-electron chi connectivity index (χ4n) is 3.52. The van der Waals surface area contributed by atoms with Gasteiger partial charge in [-0.2, -0.15) is 5.10 Å². The van der Waals surface area contributed by atoms with Crippen LogP contribution >= 0.6 is 0 Å². The van der Waals surface area contributed by atoms with Gasteiger partial charge in [0.25, 0.3) is 5.91 Å². The van der Waals surface area contributed by atoms with Gasteiger partial charge in [0.2, 0.25) is 0 Å². The van der Waals surface area contributed by atoms with E-state index in [4.69, 9.17) is 4.74 Å². The number of carbonyl (C=O) groups is 1. The highest BCUT2D eigenvalue weighted by Crippen LogP contribution is 2.25. The SMILES string of the molecule is COc1ccc(C(=O)N2CCN(c3ncnc4c(C)nn(C)c34)CC2)cc1. The number of hydrogen-bond donors (Lipinski definition) is 0. The Morgan fingerprint density at radius 2 is 1.78 bits per heavy atom. The first-order valence-electron chi connectivity index (χ1n) is 8.91. The van der Waals surface area contributed by atoms with Gasteiger partial charge in [-0.3, -0.25) is 9.48 Å². The summed E-state index contributed by atoms with van der Waals surface area (Å²) in [6, 6.07) is 7.23. The Kier molecular flexibility index (Phi) is 4.39. The molecule has 1 aliphatic heterocycles. The molecule has 0 radical (unpaired) electrons. The number of fused-ring (bicyclic) bond motifs is 1. The highest BCUT2D eigenvalue weighted by Gasteiger charge is 2.25. The lowest BCUT2D eigenvalue weighted by molar-refractivity contribution is 0.0746. The summed E-state index contributed by atoms with van der Waals surface area (Å²) in [5.41, 5.74) is 3.38. The highest BCUT2D eigenvalue weighted by atomic mass is 16.5. The van der Waals surface area contributed by atoms with Gasteiger partial charge in [-0.1, -0.05) is 0 Å². The second kappa shape index (κ2) is 6.86. The molecule has 0 N–H and O–H groups in total. The number of nitrogens with zero attached hydrogens (tertiary/aromatic N) is 6. The molecule has 1 fully saturated rings. The monoisotopic (exact) mass is 366 g/mol. The topological polar surface area (TPSA) is 76.4 Å². The van der Waals surface area contributed by atoms with Crippen LogP contribution in [0.1, 0.15) is 16.1 Å². The van der Waals surface area contributed by atoms with Crippen LogP contribution in [0.25, 0.3) is 11.0 Å². The number of piperazine rings is 1. The van der Waals surface area contributed by atoms with Crippen LogP contribution in [0.3, 0.4) is 0 Å². The van der Waals surface area contributed by atoms with Crippen molar-refractivity contribution in [3.63, 3.8) is 0 Å². The van der Waals surface area contributed by atoms with Gasteiger partial charge in [0.1, 0.15) is 23.1 Å². The number of benzene rings is 1. The van der Waals surface area contributed by atoms with E-state index in [1.54, 1.807) is 25.6 Å². The Labute approximate surface area is 157 Å². The maximum Gasteiger partial charge on any atom is 0.253 e. The molecule has 140 valence electrons. The lowest BCUT2D eigenvalue weighted by Gasteiger charge is -2.35. The van der Waals surface area contributed by atoms with Crippen molar-refractivity contribution in [2.24, 2.45) is 7.05 Å². The maximum absolute atomic E-state index is 12.7. The average Bonchev–Trinajstić information content (AvgIpc) is 3.01. The zero-order valence-corrected chi connectivity index (χ0v) is 15.7. The summed E-state index contributed by atoms with van der Waals surface area (Å²) in [5.74, 6) is 1.66. The van der Waals surface area contributed by atoms with Crippen molar-refractivity contribution in [1.82, 2.24) is 24.6 Å². The summed E-state index contributed by atoms with van der Waals surface area (Å²) in [6.07, 6.45) is 1.58. The van der Waals surface area contributed by atoms with Crippen molar-refractivity contribution in [2.75, 3.05) is 38.2 Å². The van der Waals surface area contributed by atoms with E-state index in [2.05, 4.69) is 20.0 Å². The van der Waals surface area contributed by atoms with E-state index in [9.17, 15) is 4.79 Å². The molecule has 0 saturated carbocycles. The highest BCUT2D eigenvalue weighted by molar-refractivity contribution is 5.94. The summed E-state index contributed by atoms with van der Waals surface area (Å²) in [4.78, 5) is 25.7. The van der Waals surface area contributed by atoms with Gasteiger partial charge in [0, 0.05) is 38.8 Å². The van der Waals surface area contributed by atoms with Gasteiger partial charge >= 0.3 is 0 Å². The van der Waals surface area contributed by atoms with E-state index in [1.165, 1.54) is 0 Å². The van der Waals surface area contributed by atoms with Crippen molar-refractivity contribution < 1.29 is 9.53 Å².